The molecule has 21 heteroatoms. The molecule has 0 aromatic carbocycles. The monoisotopic (exact) mass is 802 g/mol. The van der Waals surface area contributed by atoms with Crippen LogP contribution in [0.2, 0.25) is 0 Å². The van der Waals surface area contributed by atoms with Gasteiger partial charge in [0.05, 0.1) is 6.42 Å². The maximum Gasteiger partial charge on any atom is 0.327 e. The Morgan fingerprint density at radius 3 is 1.40 bits per heavy atom. The third kappa shape index (κ3) is 19.3. The van der Waals surface area contributed by atoms with Gasteiger partial charge in [0.15, 0.2) is 0 Å². The molecule has 6 amide bonds. The van der Waals surface area contributed by atoms with Gasteiger partial charge in [0.25, 0.3) is 0 Å². The normalized spacial score (nSPS) is 16.2. The van der Waals surface area contributed by atoms with Gasteiger partial charge in [0.1, 0.15) is 36.3 Å². The van der Waals surface area contributed by atoms with Gasteiger partial charge in [0, 0.05) is 25.5 Å². The Hall–Kier alpha value is -4.95. The quantitative estimate of drug-likeness (QED) is 0.0501. The number of aliphatic carboxylic acids is 4. The predicted molar refractivity (Wildman–Crippen MR) is 195 cm³/mol. The first-order valence-electron chi connectivity index (χ1n) is 18.0. The molecule has 1 fully saturated rings. The Bertz CT molecular complexity index is 1390. The molecule has 310 valence electrons. The lowest BCUT2D eigenvalue weighted by molar-refractivity contribution is -0.142. The Balaban J connectivity index is 3.37. The molecule has 20 nitrogen and oxygen atoms in total. The summed E-state index contributed by atoms with van der Waals surface area (Å²) in [6, 6.07) is -8.89. The topological polar surface area (TPSA) is 324 Å². The van der Waals surface area contributed by atoms with Crippen LogP contribution < -0.4 is 31.9 Å². The molecule has 0 aromatic heterocycles. The SMILES string of the molecule is CC(=O)N[C@@H](CC(=O)O)C(=O)N[C@@H](CCC(=O)O)C(=O)N[C@@H](CC(C)C)C(=O)N[C@@H](CCC(=O)O)C(=O)N[C@@H](CC1CCCCC1)C(=O)N[C@@H](CS)C(=O)O. The molecule has 1 rings (SSSR count). The molecule has 0 aliphatic heterocycles. The fourth-order valence-corrected chi connectivity index (χ4v) is 6.19. The van der Waals surface area contributed by atoms with Gasteiger partial charge in [-0.15, -0.1) is 0 Å². The largest absolute Gasteiger partial charge is 0.481 e. The van der Waals surface area contributed by atoms with Gasteiger partial charge in [-0.05, 0) is 37.5 Å². The number of carboxylic acid groups (broad SMARTS) is 4. The number of carbonyl (C=O) groups excluding carboxylic acids is 6. The summed E-state index contributed by atoms with van der Waals surface area (Å²) in [7, 11) is 0. The van der Waals surface area contributed by atoms with E-state index >= 15 is 0 Å². The predicted octanol–water partition coefficient (Wildman–Crippen LogP) is -0.850. The molecule has 0 spiro atoms. The number of carbonyl (C=O) groups is 10. The Morgan fingerprint density at radius 2 is 0.982 bits per heavy atom. The van der Waals surface area contributed by atoms with Gasteiger partial charge in [0.2, 0.25) is 35.4 Å². The average molecular weight is 803 g/mol. The maximum atomic E-state index is 13.7. The fraction of sp³-hybridized carbons (Fsp3) is 0.706. The van der Waals surface area contributed by atoms with E-state index in [4.69, 9.17) is 0 Å². The van der Waals surface area contributed by atoms with E-state index in [-0.39, 0.29) is 30.4 Å². The van der Waals surface area contributed by atoms with Crippen LogP contribution in [0.15, 0.2) is 0 Å². The number of carboxylic acids is 4. The van der Waals surface area contributed by atoms with Crippen LogP contribution in [-0.4, -0.2) is 122 Å². The molecule has 0 radical (unpaired) electrons. The lowest BCUT2D eigenvalue weighted by Crippen LogP contribution is -2.60. The second kappa shape index (κ2) is 24.5. The zero-order valence-corrected chi connectivity index (χ0v) is 32.0. The molecule has 55 heavy (non-hydrogen) atoms. The van der Waals surface area contributed by atoms with Crippen molar-refractivity contribution in [3.63, 3.8) is 0 Å². The molecule has 1 aliphatic carbocycles. The lowest BCUT2D eigenvalue weighted by Gasteiger charge is -2.29. The van der Waals surface area contributed by atoms with E-state index in [1.165, 1.54) is 0 Å². The van der Waals surface area contributed by atoms with E-state index in [2.05, 4.69) is 44.5 Å². The minimum absolute atomic E-state index is 0.00832. The number of hydrogen-bond donors (Lipinski definition) is 11. The molecular formula is C34H54N6O14S. The van der Waals surface area contributed by atoms with Crippen molar-refractivity contribution in [2.45, 2.75) is 134 Å². The summed E-state index contributed by atoms with van der Waals surface area (Å²) >= 11 is 3.96. The van der Waals surface area contributed by atoms with E-state index < -0.39 is 128 Å². The van der Waals surface area contributed by atoms with Crippen molar-refractivity contribution in [3.05, 3.63) is 0 Å². The standard InChI is InChI=1S/C34H54N6O14S/c1-17(2)13-22(38-29(48)20(9-11-26(42)43)37-33(52)24(15-28(46)47)35-18(3)41)31(50)36-21(10-12-27(44)45)30(49)39-23(14-19-7-5-4-6-8-19)32(51)40-25(16-55)34(53)54/h17,19-25,55H,4-16H2,1-3H3,(H,35,41)(H,36,50)(H,37,52)(H,38,48)(H,39,49)(H,40,51)(H,42,43)(H,44,45)(H,46,47)(H,53,54)/t20-,21-,22-,23-,24-,25-/m0/s1. The fourth-order valence-electron chi connectivity index (χ4n) is 5.94. The number of hydrogen-bond acceptors (Lipinski definition) is 11. The molecule has 1 saturated carbocycles. The second-order valence-corrected chi connectivity index (χ2v) is 14.3. The van der Waals surface area contributed by atoms with Crippen molar-refractivity contribution in [3.8, 4) is 0 Å². The summed E-state index contributed by atoms with van der Waals surface area (Å²) in [4.78, 5) is 125. The number of thiol groups is 1. The molecule has 0 saturated heterocycles. The van der Waals surface area contributed by atoms with Gasteiger partial charge in [-0.2, -0.15) is 12.6 Å². The molecule has 1 aliphatic rings. The Morgan fingerprint density at radius 1 is 0.564 bits per heavy atom. The lowest BCUT2D eigenvalue weighted by atomic mass is 9.84. The van der Waals surface area contributed by atoms with Gasteiger partial charge < -0.3 is 52.3 Å². The number of rotatable bonds is 25. The van der Waals surface area contributed by atoms with Crippen molar-refractivity contribution < 1.29 is 68.4 Å². The van der Waals surface area contributed by atoms with Crippen molar-refractivity contribution in [1.29, 1.82) is 0 Å². The summed E-state index contributed by atoms with van der Waals surface area (Å²) in [5, 5.41) is 51.4. The van der Waals surface area contributed by atoms with Crippen LogP contribution in [0.4, 0.5) is 0 Å². The summed E-state index contributed by atoms with van der Waals surface area (Å²) in [5.74, 6) is -11.7. The van der Waals surface area contributed by atoms with Crippen molar-refractivity contribution in [1.82, 2.24) is 31.9 Å². The summed E-state index contributed by atoms with van der Waals surface area (Å²) in [6.45, 7) is 4.41. The molecule has 6 atom stereocenters. The van der Waals surface area contributed by atoms with Gasteiger partial charge >= 0.3 is 23.9 Å². The molecule has 0 aromatic rings. The van der Waals surface area contributed by atoms with Gasteiger partial charge in [-0.1, -0.05) is 46.0 Å². The zero-order valence-electron chi connectivity index (χ0n) is 31.1. The van der Waals surface area contributed by atoms with Crippen LogP contribution in [0.1, 0.15) is 97.8 Å². The Labute approximate surface area is 323 Å². The number of nitrogens with one attached hydrogen (secondary N) is 6. The average Bonchev–Trinajstić information content (AvgIpc) is 3.08. The van der Waals surface area contributed by atoms with E-state index in [1.54, 1.807) is 13.8 Å². The highest BCUT2D eigenvalue weighted by molar-refractivity contribution is 7.80. The first-order chi connectivity index (χ1) is 25.7. The van der Waals surface area contributed by atoms with Gasteiger partial charge in [-0.25, -0.2) is 4.79 Å². The maximum absolute atomic E-state index is 13.7. The summed E-state index contributed by atoms with van der Waals surface area (Å²) < 4.78 is 0. The van der Waals surface area contributed by atoms with Crippen molar-refractivity contribution >= 4 is 71.9 Å². The third-order valence-electron chi connectivity index (χ3n) is 8.70. The summed E-state index contributed by atoms with van der Waals surface area (Å²) in [5.41, 5.74) is 0. The highest BCUT2D eigenvalue weighted by Crippen LogP contribution is 2.27. The van der Waals surface area contributed by atoms with E-state index in [0.29, 0.717) is 0 Å². The van der Waals surface area contributed by atoms with E-state index in [1.807, 2.05) is 0 Å². The highest BCUT2D eigenvalue weighted by Gasteiger charge is 2.35. The van der Waals surface area contributed by atoms with Crippen molar-refractivity contribution in [2.24, 2.45) is 11.8 Å². The molecule has 0 unspecified atom stereocenters. The second-order valence-electron chi connectivity index (χ2n) is 13.9. The van der Waals surface area contributed by atoms with Crippen LogP contribution in [-0.2, 0) is 47.9 Å². The highest BCUT2D eigenvalue weighted by atomic mass is 32.1. The first-order valence-corrected chi connectivity index (χ1v) is 18.6. The van der Waals surface area contributed by atoms with Crippen LogP contribution in [0.5, 0.6) is 0 Å². The van der Waals surface area contributed by atoms with Crippen LogP contribution in [0.3, 0.4) is 0 Å². The molecular weight excluding hydrogens is 748 g/mol. The molecule has 0 bridgehead atoms. The minimum Gasteiger partial charge on any atom is -0.481 e. The smallest absolute Gasteiger partial charge is 0.327 e. The molecule has 0 heterocycles. The van der Waals surface area contributed by atoms with Crippen LogP contribution in [0, 0.1) is 11.8 Å². The molecule has 10 N–H and O–H groups in total. The van der Waals surface area contributed by atoms with Crippen LogP contribution in [0.25, 0.3) is 0 Å². The first kappa shape index (κ1) is 48.1. The minimum atomic E-state index is -1.63. The zero-order chi connectivity index (χ0) is 41.8. The number of amides is 6. The Kier molecular flexibility index (Phi) is 21.4. The van der Waals surface area contributed by atoms with E-state index in [9.17, 15) is 68.4 Å². The van der Waals surface area contributed by atoms with Crippen molar-refractivity contribution in [2.75, 3.05) is 5.75 Å². The van der Waals surface area contributed by atoms with Crippen LogP contribution >= 0.6 is 12.6 Å². The third-order valence-corrected chi connectivity index (χ3v) is 9.06. The van der Waals surface area contributed by atoms with E-state index in [0.717, 1.165) is 39.0 Å². The summed E-state index contributed by atoms with van der Waals surface area (Å²) in [6.07, 6.45) is 1.29. The van der Waals surface area contributed by atoms with Gasteiger partial charge in [-0.3, -0.25) is 43.2 Å².